The van der Waals surface area contributed by atoms with Gasteiger partial charge < -0.3 is 11.5 Å². The van der Waals surface area contributed by atoms with Crippen LogP contribution in [0, 0.1) is 0 Å². The summed E-state index contributed by atoms with van der Waals surface area (Å²) in [5, 5.41) is 5.20. The highest BCUT2D eigenvalue weighted by Crippen LogP contribution is 2.33. The fraction of sp³-hybridized carbons (Fsp3) is 0.0588. The third kappa shape index (κ3) is 5.06. The average molecular weight is 467 g/mol. The van der Waals surface area contributed by atoms with E-state index in [0.717, 1.165) is 11.1 Å². The summed E-state index contributed by atoms with van der Waals surface area (Å²) in [6.07, 6.45) is 0. The number of benzene rings is 6. The second kappa shape index (κ2) is 11.0. The molecule has 2 atom stereocenters. The maximum atomic E-state index is 6.15. The van der Waals surface area contributed by atoms with Crippen molar-refractivity contribution >= 4 is 21.5 Å². The Morgan fingerprint density at radius 1 is 0.333 bits per heavy atom. The fourth-order valence-corrected chi connectivity index (χ4v) is 4.69. The summed E-state index contributed by atoms with van der Waals surface area (Å²) in [7, 11) is 0. The van der Waals surface area contributed by atoms with Gasteiger partial charge in [0.1, 0.15) is 0 Å². The molecule has 0 bridgehead atoms. The molecule has 2 heteroatoms. The molecule has 0 fully saturated rings. The van der Waals surface area contributed by atoms with Gasteiger partial charge in [-0.05, 0) is 43.8 Å². The van der Waals surface area contributed by atoms with Crippen molar-refractivity contribution in [1.29, 1.82) is 0 Å². The third-order valence-electron chi connectivity index (χ3n) is 6.63. The Kier molecular flexibility index (Phi) is 7.18. The molecule has 0 saturated carbocycles. The summed E-state index contributed by atoms with van der Waals surface area (Å²) in [6, 6.07) is 49.8. The molecule has 4 N–H and O–H groups in total. The summed E-state index contributed by atoms with van der Waals surface area (Å²) in [5.41, 5.74) is 17.0. The van der Waals surface area contributed by atoms with Gasteiger partial charge in [0.05, 0.1) is 0 Å². The standard InChI is InChI=1S/C20H14.C14H16N2/c1-3-11-17-15(7-1)9-5-13-19(17)20-14-6-10-16-8-2-4-12-18(16)20;15-13(11-7-3-1-4-8-11)14(16)12-9-5-2-6-10-12/h1-14H;1-10,13-14H,15-16H2. The van der Waals surface area contributed by atoms with Crippen LogP contribution in [-0.2, 0) is 0 Å². The Hall–Kier alpha value is -4.24. The molecule has 0 heterocycles. The van der Waals surface area contributed by atoms with E-state index in [1.54, 1.807) is 0 Å². The van der Waals surface area contributed by atoms with Crippen molar-refractivity contribution in [3.8, 4) is 11.1 Å². The Labute approximate surface area is 212 Å². The molecule has 6 aromatic rings. The Bertz CT molecular complexity index is 1430. The molecule has 0 saturated heterocycles. The van der Waals surface area contributed by atoms with Crippen molar-refractivity contribution in [1.82, 2.24) is 0 Å². The Balaban J connectivity index is 0.000000152. The quantitative estimate of drug-likeness (QED) is 0.276. The van der Waals surface area contributed by atoms with E-state index in [1.165, 1.54) is 32.7 Å². The predicted molar refractivity (Wildman–Crippen MR) is 154 cm³/mol. The van der Waals surface area contributed by atoms with Crippen molar-refractivity contribution in [3.05, 3.63) is 157 Å². The first-order valence-electron chi connectivity index (χ1n) is 12.3. The van der Waals surface area contributed by atoms with Crippen molar-refractivity contribution in [3.63, 3.8) is 0 Å². The van der Waals surface area contributed by atoms with Crippen LogP contribution in [0.3, 0.4) is 0 Å². The first-order chi connectivity index (χ1) is 17.7. The number of hydrogen-bond donors (Lipinski definition) is 2. The fourth-order valence-electron chi connectivity index (χ4n) is 4.69. The zero-order valence-corrected chi connectivity index (χ0v) is 20.2. The van der Waals surface area contributed by atoms with E-state index < -0.39 is 0 Å². The smallest absolute Gasteiger partial charge is 0.0491 e. The van der Waals surface area contributed by atoms with Gasteiger partial charge >= 0.3 is 0 Å². The van der Waals surface area contributed by atoms with Gasteiger partial charge in [0, 0.05) is 12.1 Å². The zero-order chi connectivity index (χ0) is 24.7. The summed E-state index contributed by atoms with van der Waals surface area (Å²) in [5.74, 6) is 0. The maximum Gasteiger partial charge on any atom is 0.0491 e. The van der Waals surface area contributed by atoms with E-state index in [0.29, 0.717) is 0 Å². The van der Waals surface area contributed by atoms with Crippen LogP contribution >= 0.6 is 0 Å². The highest BCUT2D eigenvalue weighted by Gasteiger charge is 2.16. The maximum absolute atomic E-state index is 6.15. The number of hydrogen-bond acceptors (Lipinski definition) is 2. The molecule has 36 heavy (non-hydrogen) atoms. The molecule has 2 nitrogen and oxygen atoms in total. The van der Waals surface area contributed by atoms with Crippen molar-refractivity contribution in [2.45, 2.75) is 12.1 Å². The van der Waals surface area contributed by atoms with E-state index in [-0.39, 0.29) is 12.1 Å². The number of rotatable bonds is 4. The van der Waals surface area contributed by atoms with Gasteiger partial charge in [0.25, 0.3) is 0 Å². The van der Waals surface area contributed by atoms with Crippen LogP contribution in [-0.4, -0.2) is 0 Å². The van der Waals surface area contributed by atoms with E-state index in [1.807, 2.05) is 60.7 Å². The number of fused-ring (bicyclic) bond motifs is 2. The van der Waals surface area contributed by atoms with Crippen LogP contribution in [0.15, 0.2) is 146 Å². The highest BCUT2D eigenvalue weighted by atomic mass is 14.8. The molecule has 2 unspecified atom stereocenters. The minimum Gasteiger partial charge on any atom is -0.322 e. The lowest BCUT2D eigenvalue weighted by Crippen LogP contribution is -2.26. The number of nitrogens with two attached hydrogens (primary N) is 2. The zero-order valence-electron chi connectivity index (χ0n) is 20.2. The monoisotopic (exact) mass is 466 g/mol. The van der Waals surface area contributed by atoms with Crippen molar-refractivity contribution in [2.75, 3.05) is 0 Å². The second-order valence-corrected chi connectivity index (χ2v) is 8.93. The van der Waals surface area contributed by atoms with Crippen LogP contribution in [0.25, 0.3) is 32.7 Å². The third-order valence-corrected chi connectivity index (χ3v) is 6.63. The van der Waals surface area contributed by atoms with Gasteiger partial charge in [-0.1, -0.05) is 146 Å². The summed E-state index contributed by atoms with van der Waals surface area (Å²) >= 11 is 0. The summed E-state index contributed by atoms with van der Waals surface area (Å²) in [6.45, 7) is 0. The molecule has 176 valence electrons. The Morgan fingerprint density at radius 2 is 0.667 bits per heavy atom. The normalized spacial score (nSPS) is 12.5. The molecule has 6 aromatic carbocycles. The van der Waals surface area contributed by atoms with Crippen molar-refractivity contribution < 1.29 is 0 Å². The van der Waals surface area contributed by atoms with E-state index in [2.05, 4.69) is 84.9 Å². The predicted octanol–water partition coefficient (Wildman–Crippen LogP) is 8.05. The average Bonchev–Trinajstić information content (AvgIpc) is 2.97. The summed E-state index contributed by atoms with van der Waals surface area (Å²) < 4.78 is 0. The van der Waals surface area contributed by atoms with E-state index >= 15 is 0 Å². The highest BCUT2D eigenvalue weighted by molar-refractivity contribution is 6.05. The molecule has 0 radical (unpaired) electrons. The molecule has 0 aliphatic rings. The molecule has 6 rings (SSSR count). The minimum absolute atomic E-state index is 0.163. The molecule has 0 spiro atoms. The lowest BCUT2D eigenvalue weighted by Gasteiger charge is -2.20. The van der Waals surface area contributed by atoms with E-state index in [4.69, 9.17) is 11.5 Å². The van der Waals surface area contributed by atoms with Crippen LogP contribution in [0.2, 0.25) is 0 Å². The van der Waals surface area contributed by atoms with E-state index in [9.17, 15) is 0 Å². The van der Waals surface area contributed by atoms with Gasteiger partial charge in [0.2, 0.25) is 0 Å². The topological polar surface area (TPSA) is 52.0 Å². The first kappa shape index (κ1) is 23.5. The SMILES string of the molecule is NC(c1ccccc1)C(N)c1ccccc1.c1ccc2c(-c3cccc4ccccc34)cccc2c1. The van der Waals surface area contributed by atoms with Gasteiger partial charge in [-0.15, -0.1) is 0 Å². The molecular weight excluding hydrogens is 436 g/mol. The first-order valence-corrected chi connectivity index (χ1v) is 12.3. The molecule has 0 aromatic heterocycles. The van der Waals surface area contributed by atoms with Gasteiger partial charge in [-0.3, -0.25) is 0 Å². The molecular formula is C34H30N2. The molecule has 0 aliphatic carbocycles. The lowest BCUT2D eigenvalue weighted by atomic mass is 9.94. The largest absolute Gasteiger partial charge is 0.322 e. The van der Waals surface area contributed by atoms with Gasteiger partial charge in [-0.25, -0.2) is 0 Å². The van der Waals surface area contributed by atoms with Crippen LogP contribution in [0.1, 0.15) is 23.2 Å². The van der Waals surface area contributed by atoms with Crippen LogP contribution in [0.4, 0.5) is 0 Å². The Morgan fingerprint density at radius 3 is 1.08 bits per heavy atom. The molecule has 0 aliphatic heterocycles. The van der Waals surface area contributed by atoms with Crippen molar-refractivity contribution in [2.24, 2.45) is 11.5 Å². The van der Waals surface area contributed by atoms with Crippen LogP contribution < -0.4 is 11.5 Å². The minimum atomic E-state index is -0.163. The van der Waals surface area contributed by atoms with Crippen LogP contribution in [0.5, 0.6) is 0 Å². The summed E-state index contributed by atoms with van der Waals surface area (Å²) in [4.78, 5) is 0. The molecule has 0 amide bonds. The van der Waals surface area contributed by atoms with Gasteiger partial charge in [0.15, 0.2) is 0 Å². The van der Waals surface area contributed by atoms with Gasteiger partial charge in [-0.2, -0.15) is 0 Å². The lowest BCUT2D eigenvalue weighted by molar-refractivity contribution is 0.574. The second-order valence-electron chi connectivity index (χ2n) is 8.93.